The molecular formula is C15H28N2OS. The number of likely N-dealkylation sites (N-methyl/N-ethyl adjacent to an activating group) is 1. The number of ether oxygens (including phenoxy) is 1. The molecule has 0 saturated carbocycles. The molecule has 0 aromatic carbocycles. The topological polar surface area (TPSA) is 34.1 Å². The smallest absolute Gasteiger partial charge is 0.0944 e. The van der Waals surface area contributed by atoms with Gasteiger partial charge in [0.2, 0.25) is 0 Å². The summed E-state index contributed by atoms with van der Waals surface area (Å²) >= 11 is 1.78. The van der Waals surface area contributed by atoms with Gasteiger partial charge in [0.25, 0.3) is 0 Å². The molecule has 0 bridgehead atoms. The highest BCUT2D eigenvalue weighted by Gasteiger charge is 2.18. The lowest BCUT2D eigenvalue weighted by Gasteiger charge is -2.17. The number of nitrogens with zero attached hydrogens (tertiary/aromatic N) is 1. The largest absolute Gasteiger partial charge is 0.382 e. The van der Waals surface area contributed by atoms with Gasteiger partial charge in [-0.05, 0) is 26.8 Å². The number of thiazole rings is 1. The van der Waals surface area contributed by atoms with Gasteiger partial charge in [0.1, 0.15) is 0 Å². The summed E-state index contributed by atoms with van der Waals surface area (Å²) in [6.07, 6.45) is 3.54. The van der Waals surface area contributed by atoms with Crippen molar-refractivity contribution in [3.8, 4) is 0 Å². The second-order valence-corrected chi connectivity index (χ2v) is 7.13. The Morgan fingerprint density at radius 3 is 2.53 bits per heavy atom. The Hall–Kier alpha value is -0.450. The van der Waals surface area contributed by atoms with Crippen molar-refractivity contribution in [3.05, 3.63) is 16.1 Å². The van der Waals surface area contributed by atoms with Crippen LogP contribution in [0.4, 0.5) is 0 Å². The number of rotatable bonds is 7. The summed E-state index contributed by atoms with van der Waals surface area (Å²) in [5, 5.41) is 6.81. The molecule has 0 aliphatic rings. The molecule has 2 unspecified atom stereocenters. The van der Waals surface area contributed by atoms with Crippen LogP contribution in [0, 0.1) is 0 Å². The molecule has 0 spiro atoms. The summed E-state index contributed by atoms with van der Waals surface area (Å²) in [5.74, 6) is 0. The van der Waals surface area contributed by atoms with Crippen molar-refractivity contribution in [1.29, 1.82) is 0 Å². The lowest BCUT2D eigenvalue weighted by molar-refractivity contribution is 0.106. The first-order valence-electron chi connectivity index (χ1n) is 7.01. The van der Waals surface area contributed by atoms with Crippen molar-refractivity contribution in [3.63, 3.8) is 0 Å². The van der Waals surface area contributed by atoms with Gasteiger partial charge in [-0.25, -0.2) is 4.98 Å². The summed E-state index contributed by atoms with van der Waals surface area (Å²) in [6, 6.07) is 0.483. The van der Waals surface area contributed by atoms with E-state index in [1.807, 2.05) is 7.05 Å². The van der Waals surface area contributed by atoms with Gasteiger partial charge in [-0.3, -0.25) is 0 Å². The Balaban J connectivity index is 2.54. The van der Waals surface area contributed by atoms with Crippen LogP contribution in [0.3, 0.4) is 0 Å². The molecule has 0 radical (unpaired) electrons. The van der Waals surface area contributed by atoms with Gasteiger partial charge in [0.05, 0.1) is 16.8 Å². The third-order valence-electron chi connectivity index (χ3n) is 3.47. The molecule has 0 saturated heterocycles. The van der Waals surface area contributed by atoms with Crippen LogP contribution in [0.1, 0.15) is 51.2 Å². The third kappa shape index (κ3) is 5.59. The van der Waals surface area contributed by atoms with Gasteiger partial charge in [0.15, 0.2) is 0 Å². The van der Waals surface area contributed by atoms with E-state index in [-0.39, 0.29) is 5.41 Å². The minimum atomic E-state index is 0.147. The first-order valence-corrected chi connectivity index (χ1v) is 7.89. The van der Waals surface area contributed by atoms with E-state index < -0.39 is 0 Å². The maximum Gasteiger partial charge on any atom is 0.0944 e. The zero-order valence-corrected chi connectivity index (χ0v) is 13.9. The number of methoxy groups -OCH3 is 1. The van der Waals surface area contributed by atoms with Crippen molar-refractivity contribution in [1.82, 2.24) is 10.3 Å². The molecule has 0 amide bonds. The quantitative estimate of drug-likeness (QED) is 0.833. The molecule has 0 aliphatic carbocycles. The van der Waals surface area contributed by atoms with Gasteiger partial charge < -0.3 is 10.1 Å². The Labute approximate surface area is 121 Å². The summed E-state index contributed by atoms with van der Waals surface area (Å²) in [7, 11) is 3.80. The minimum absolute atomic E-state index is 0.147. The molecular weight excluding hydrogens is 256 g/mol. The highest BCUT2D eigenvalue weighted by Crippen LogP contribution is 2.24. The lowest BCUT2D eigenvalue weighted by Crippen LogP contribution is -2.28. The fraction of sp³-hybridized carbons (Fsp3) is 0.800. The van der Waals surface area contributed by atoms with Crippen LogP contribution in [0.25, 0.3) is 0 Å². The molecule has 0 aliphatic heterocycles. The van der Waals surface area contributed by atoms with Crippen LogP contribution >= 0.6 is 11.3 Å². The highest BCUT2D eigenvalue weighted by molar-refractivity contribution is 7.09. The van der Waals surface area contributed by atoms with E-state index >= 15 is 0 Å². The van der Waals surface area contributed by atoms with Crippen molar-refractivity contribution in [2.24, 2.45) is 0 Å². The van der Waals surface area contributed by atoms with Crippen LogP contribution in [-0.2, 0) is 16.6 Å². The fourth-order valence-electron chi connectivity index (χ4n) is 1.86. The van der Waals surface area contributed by atoms with E-state index in [2.05, 4.69) is 38.4 Å². The van der Waals surface area contributed by atoms with E-state index in [0.717, 1.165) is 19.3 Å². The molecule has 2 atom stereocenters. The van der Waals surface area contributed by atoms with Gasteiger partial charge in [-0.15, -0.1) is 11.3 Å². The molecule has 1 aromatic rings. The second-order valence-electron chi connectivity index (χ2n) is 6.19. The SMILES string of the molecule is CNC(CCC(C)OC)Cc1nc(C(C)(C)C)cs1. The number of hydrogen-bond donors (Lipinski definition) is 1. The standard InChI is InChI=1S/C15H28N2OS/c1-11(18-6)7-8-12(16-5)9-14-17-13(10-19-14)15(2,3)4/h10-12,16H,7-9H2,1-6H3. The normalized spacial score (nSPS) is 15.5. The number of hydrogen-bond acceptors (Lipinski definition) is 4. The first-order chi connectivity index (χ1) is 8.86. The van der Waals surface area contributed by atoms with Gasteiger partial charge in [-0.2, -0.15) is 0 Å². The van der Waals surface area contributed by atoms with Crippen LogP contribution in [0.5, 0.6) is 0 Å². The molecule has 1 aromatic heterocycles. The summed E-state index contributed by atoms with van der Waals surface area (Å²) in [5.41, 5.74) is 1.35. The van der Waals surface area contributed by atoms with Gasteiger partial charge in [0, 0.05) is 30.4 Å². The lowest BCUT2D eigenvalue weighted by atomic mass is 9.93. The maximum absolute atomic E-state index is 5.30. The average Bonchev–Trinajstić information content (AvgIpc) is 2.82. The molecule has 110 valence electrons. The zero-order valence-electron chi connectivity index (χ0n) is 13.1. The number of aromatic nitrogens is 1. The van der Waals surface area contributed by atoms with Crippen molar-refractivity contribution < 1.29 is 4.74 Å². The first kappa shape index (κ1) is 16.6. The van der Waals surface area contributed by atoms with E-state index in [1.54, 1.807) is 18.4 Å². The van der Waals surface area contributed by atoms with Crippen LogP contribution in [-0.4, -0.2) is 31.3 Å². The van der Waals surface area contributed by atoms with Crippen LogP contribution < -0.4 is 5.32 Å². The van der Waals surface area contributed by atoms with E-state index in [9.17, 15) is 0 Å². The molecule has 3 nitrogen and oxygen atoms in total. The minimum Gasteiger partial charge on any atom is -0.382 e. The van der Waals surface area contributed by atoms with E-state index in [0.29, 0.717) is 12.1 Å². The summed E-state index contributed by atoms with van der Waals surface area (Å²) < 4.78 is 5.30. The molecule has 4 heteroatoms. The van der Waals surface area contributed by atoms with Crippen molar-refractivity contribution in [2.75, 3.05) is 14.2 Å². The Morgan fingerprint density at radius 2 is 2.05 bits per heavy atom. The molecule has 1 N–H and O–H groups in total. The molecule has 1 heterocycles. The predicted molar refractivity (Wildman–Crippen MR) is 83.1 cm³/mol. The van der Waals surface area contributed by atoms with Gasteiger partial charge in [-0.1, -0.05) is 20.8 Å². The zero-order chi connectivity index (χ0) is 14.5. The predicted octanol–water partition coefficient (Wildman–Crippen LogP) is 3.39. The Bertz CT molecular complexity index is 370. The maximum atomic E-state index is 5.30. The van der Waals surface area contributed by atoms with Crippen molar-refractivity contribution in [2.45, 2.75) is 64.5 Å². The molecule has 1 rings (SSSR count). The third-order valence-corrected chi connectivity index (χ3v) is 4.34. The van der Waals surface area contributed by atoms with Crippen LogP contribution in [0.2, 0.25) is 0 Å². The van der Waals surface area contributed by atoms with Crippen LogP contribution in [0.15, 0.2) is 5.38 Å². The Morgan fingerprint density at radius 1 is 1.37 bits per heavy atom. The van der Waals surface area contributed by atoms with E-state index in [4.69, 9.17) is 9.72 Å². The number of nitrogens with one attached hydrogen (secondary N) is 1. The summed E-state index contributed by atoms with van der Waals surface area (Å²) in [4.78, 5) is 4.76. The molecule has 19 heavy (non-hydrogen) atoms. The second kappa shape index (κ2) is 7.36. The molecule has 0 fully saturated rings. The van der Waals surface area contributed by atoms with E-state index in [1.165, 1.54) is 10.7 Å². The fourth-order valence-corrected chi connectivity index (χ4v) is 2.96. The highest BCUT2D eigenvalue weighted by atomic mass is 32.1. The Kier molecular flexibility index (Phi) is 6.43. The summed E-state index contributed by atoms with van der Waals surface area (Å²) in [6.45, 7) is 8.75. The average molecular weight is 284 g/mol. The van der Waals surface area contributed by atoms with Crippen molar-refractivity contribution >= 4 is 11.3 Å². The van der Waals surface area contributed by atoms with Gasteiger partial charge >= 0.3 is 0 Å². The monoisotopic (exact) mass is 284 g/mol.